The van der Waals surface area contributed by atoms with Crippen molar-refractivity contribution in [2.45, 2.75) is 41.7 Å². The van der Waals surface area contributed by atoms with Crippen LogP contribution in [-0.2, 0) is 9.84 Å². The molecule has 0 unspecified atom stereocenters. The summed E-state index contributed by atoms with van der Waals surface area (Å²) in [5.74, 6) is 0.836. The van der Waals surface area contributed by atoms with E-state index in [0.29, 0.717) is 29.2 Å². The van der Waals surface area contributed by atoms with Gasteiger partial charge in [-0.2, -0.15) is 0 Å². The lowest BCUT2D eigenvalue weighted by molar-refractivity contribution is 0.353. The molecular formula is C36H34O4S. The minimum Gasteiger partial charge on any atom is -0.493 e. The molecule has 208 valence electrons. The van der Waals surface area contributed by atoms with Crippen LogP contribution in [0.15, 0.2) is 114 Å². The summed E-state index contributed by atoms with van der Waals surface area (Å²) in [6.07, 6.45) is 1.19. The van der Waals surface area contributed by atoms with Gasteiger partial charge in [0, 0.05) is 11.8 Å². The third-order valence-corrected chi connectivity index (χ3v) is 10.7. The number of aryl methyl sites for hydroxylation is 1. The van der Waals surface area contributed by atoms with E-state index in [9.17, 15) is 8.42 Å². The maximum absolute atomic E-state index is 14.6. The first-order chi connectivity index (χ1) is 19.9. The van der Waals surface area contributed by atoms with E-state index < -0.39 is 21.0 Å². The van der Waals surface area contributed by atoms with Crippen molar-refractivity contribution >= 4 is 20.6 Å². The number of rotatable bonds is 6. The lowest BCUT2D eigenvalue weighted by Gasteiger charge is -2.28. The number of hydrogen-bond donors (Lipinski definition) is 0. The Hall–Kier alpha value is -4.09. The van der Waals surface area contributed by atoms with Gasteiger partial charge in [-0.25, -0.2) is 8.42 Å². The Morgan fingerprint density at radius 1 is 0.634 bits per heavy atom. The molecule has 0 heterocycles. The van der Waals surface area contributed by atoms with E-state index in [1.807, 2.05) is 55.5 Å². The second kappa shape index (κ2) is 11.1. The SMILES string of the molecule is COc1cc2c(cc1OC)[C@H](c1ccc3ccccc3c1)[C@@H](S(=O)(=O)c1ccc(C)cc1)CC[C@@H]2c1ccccc1. The molecule has 0 amide bonds. The van der Waals surface area contributed by atoms with Crippen molar-refractivity contribution in [3.63, 3.8) is 0 Å². The van der Waals surface area contributed by atoms with Gasteiger partial charge in [0.25, 0.3) is 0 Å². The fourth-order valence-corrected chi connectivity index (χ4v) is 8.37. The lowest BCUT2D eigenvalue weighted by atomic mass is 9.82. The number of methoxy groups -OCH3 is 2. The second-order valence-corrected chi connectivity index (χ2v) is 13.0. The Morgan fingerprint density at radius 2 is 1.27 bits per heavy atom. The van der Waals surface area contributed by atoms with Gasteiger partial charge in [0.1, 0.15) is 0 Å². The molecule has 6 rings (SSSR count). The Balaban J connectivity index is 1.64. The predicted octanol–water partition coefficient (Wildman–Crippen LogP) is 8.07. The van der Waals surface area contributed by atoms with Crippen LogP contribution in [0.4, 0.5) is 0 Å². The molecule has 1 aliphatic rings. The lowest BCUT2D eigenvalue weighted by Crippen LogP contribution is -2.29. The van der Waals surface area contributed by atoms with E-state index in [1.165, 1.54) is 0 Å². The Labute approximate surface area is 242 Å². The molecule has 0 radical (unpaired) electrons. The van der Waals surface area contributed by atoms with Gasteiger partial charge in [-0.3, -0.25) is 0 Å². The summed E-state index contributed by atoms with van der Waals surface area (Å²) in [5, 5.41) is 1.54. The van der Waals surface area contributed by atoms with E-state index in [0.717, 1.165) is 38.6 Å². The highest BCUT2D eigenvalue weighted by Gasteiger charge is 2.42. The van der Waals surface area contributed by atoms with E-state index in [2.05, 4.69) is 48.5 Å². The van der Waals surface area contributed by atoms with Gasteiger partial charge in [-0.05, 0) is 77.1 Å². The molecule has 0 aliphatic heterocycles. The molecule has 3 atom stereocenters. The van der Waals surface area contributed by atoms with Crippen molar-refractivity contribution in [3.8, 4) is 11.5 Å². The van der Waals surface area contributed by atoms with E-state index in [-0.39, 0.29) is 5.92 Å². The highest BCUT2D eigenvalue weighted by Crippen LogP contribution is 2.49. The number of sulfone groups is 1. The van der Waals surface area contributed by atoms with E-state index >= 15 is 0 Å². The monoisotopic (exact) mass is 562 g/mol. The summed E-state index contributed by atoms with van der Waals surface area (Å²) in [5.41, 5.74) is 5.21. The maximum atomic E-state index is 14.6. The van der Waals surface area contributed by atoms with Gasteiger partial charge in [-0.1, -0.05) is 90.5 Å². The van der Waals surface area contributed by atoms with Crippen molar-refractivity contribution in [2.75, 3.05) is 14.2 Å². The first-order valence-corrected chi connectivity index (χ1v) is 15.6. The molecule has 0 fully saturated rings. The molecule has 0 spiro atoms. The summed E-state index contributed by atoms with van der Waals surface area (Å²) in [6, 6.07) is 36.2. The van der Waals surface area contributed by atoms with Gasteiger partial charge < -0.3 is 9.47 Å². The average molecular weight is 563 g/mol. The van der Waals surface area contributed by atoms with Crippen molar-refractivity contribution in [1.82, 2.24) is 0 Å². The third-order valence-electron chi connectivity index (χ3n) is 8.49. The van der Waals surface area contributed by atoms with Crippen LogP contribution in [-0.4, -0.2) is 27.9 Å². The molecule has 5 heteroatoms. The Bertz CT molecular complexity index is 1790. The van der Waals surface area contributed by atoms with Crippen LogP contribution >= 0.6 is 0 Å². The fourth-order valence-electron chi connectivity index (χ4n) is 6.40. The van der Waals surface area contributed by atoms with E-state index in [4.69, 9.17) is 9.47 Å². The average Bonchev–Trinajstić information content (AvgIpc) is 3.18. The van der Waals surface area contributed by atoms with Gasteiger partial charge in [-0.15, -0.1) is 0 Å². The highest BCUT2D eigenvalue weighted by atomic mass is 32.2. The molecule has 1 aliphatic carbocycles. The molecule has 0 saturated carbocycles. The highest BCUT2D eigenvalue weighted by molar-refractivity contribution is 7.92. The second-order valence-electron chi connectivity index (χ2n) is 10.9. The topological polar surface area (TPSA) is 52.6 Å². The summed E-state index contributed by atoms with van der Waals surface area (Å²) in [7, 11) is -0.439. The largest absolute Gasteiger partial charge is 0.493 e. The predicted molar refractivity (Wildman–Crippen MR) is 165 cm³/mol. The Morgan fingerprint density at radius 3 is 1.95 bits per heavy atom. The zero-order valence-electron chi connectivity index (χ0n) is 23.6. The van der Waals surface area contributed by atoms with Crippen LogP contribution in [0.5, 0.6) is 11.5 Å². The van der Waals surface area contributed by atoms with Crippen molar-refractivity contribution in [1.29, 1.82) is 0 Å². The summed E-state index contributed by atoms with van der Waals surface area (Å²) in [4.78, 5) is 0.360. The van der Waals surface area contributed by atoms with Crippen LogP contribution in [0.3, 0.4) is 0 Å². The number of benzene rings is 5. The molecule has 5 aromatic rings. The number of fused-ring (bicyclic) bond motifs is 2. The quantitative estimate of drug-likeness (QED) is 0.196. The first-order valence-electron chi connectivity index (χ1n) is 14.0. The molecule has 0 saturated heterocycles. The van der Waals surface area contributed by atoms with Crippen molar-refractivity contribution in [3.05, 3.63) is 137 Å². The van der Waals surface area contributed by atoms with Gasteiger partial charge in [0.05, 0.1) is 24.4 Å². The van der Waals surface area contributed by atoms with Gasteiger partial charge in [0.2, 0.25) is 0 Å². The standard InChI is InChI=1S/C36H34O4S/c1-24-13-17-29(18-14-24)41(37,38)35-20-19-30(26-10-5-4-6-11-26)31-22-33(39-2)34(40-3)23-32(31)36(35)28-16-15-25-9-7-8-12-27(25)21-28/h4-18,21-23,30,35-36H,19-20H2,1-3H3/t30-,35+,36+/m1/s1. The maximum Gasteiger partial charge on any atom is 0.182 e. The van der Waals surface area contributed by atoms with Crippen LogP contribution in [0.1, 0.15) is 52.5 Å². The molecule has 0 bridgehead atoms. The van der Waals surface area contributed by atoms with Crippen LogP contribution in [0.2, 0.25) is 0 Å². The third kappa shape index (κ3) is 5.00. The van der Waals surface area contributed by atoms with Crippen LogP contribution < -0.4 is 9.47 Å². The van der Waals surface area contributed by atoms with Crippen LogP contribution in [0, 0.1) is 6.92 Å². The normalized spacial score (nSPS) is 18.9. The Kier molecular flexibility index (Phi) is 7.31. The molecule has 5 aromatic carbocycles. The van der Waals surface area contributed by atoms with Crippen molar-refractivity contribution in [2.24, 2.45) is 0 Å². The molecule has 4 nitrogen and oxygen atoms in total. The van der Waals surface area contributed by atoms with Gasteiger partial charge in [0.15, 0.2) is 21.3 Å². The van der Waals surface area contributed by atoms with Crippen molar-refractivity contribution < 1.29 is 17.9 Å². The molecule has 0 N–H and O–H groups in total. The zero-order valence-corrected chi connectivity index (χ0v) is 24.4. The fraction of sp³-hybridized carbons (Fsp3) is 0.222. The molecule has 41 heavy (non-hydrogen) atoms. The zero-order chi connectivity index (χ0) is 28.6. The summed E-state index contributed by atoms with van der Waals surface area (Å²) in [6.45, 7) is 1.97. The summed E-state index contributed by atoms with van der Waals surface area (Å²) >= 11 is 0. The summed E-state index contributed by atoms with van der Waals surface area (Å²) < 4.78 is 40.7. The van der Waals surface area contributed by atoms with Crippen LogP contribution in [0.25, 0.3) is 10.8 Å². The minimum atomic E-state index is -3.71. The number of hydrogen-bond acceptors (Lipinski definition) is 4. The van der Waals surface area contributed by atoms with Gasteiger partial charge >= 0.3 is 0 Å². The smallest absolute Gasteiger partial charge is 0.182 e. The number of ether oxygens (including phenoxy) is 2. The minimum absolute atomic E-state index is 0.00665. The molecular weight excluding hydrogens is 528 g/mol. The first kappa shape index (κ1) is 27.1. The van der Waals surface area contributed by atoms with E-state index in [1.54, 1.807) is 26.4 Å². The molecule has 0 aromatic heterocycles.